The summed E-state index contributed by atoms with van der Waals surface area (Å²) < 4.78 is 6.09. The molecule has 214 valence electrons. The van der Waals surface area contributed by atoms with E-state index in [9.17, 15) is 4.91 Å². The molecule has 0 amide bonds. The second-order valence-electron chi connectivity index (χ2n) is 8.78. The molecule has 1 heterocycles. The van der Waals surface area contributed by atoms with Crippen LogP contribution in [0.5, 0.6) is 5.75 Å². The number of aryl methyl sites for hydroxylation is 1. The molecule has 4 aromatic rings. The number of aromatic nitrogens is 1. The van der Waals surface area contributed by atoms with Crippen LogP contribution in [0, 0.1) is 22.6 Å². The standard InChI is InChI=1S/C29H29N7O2.C2H6.CH4/c1-18-27(38-17-19-2-4-22(5-3-19)28(30)31)26(16-36-37)24(14-34-18)15-35-25-12-10-21(11-13-25)20-6-8-23(9-7-20)29(32)33;1-2;/h2-14,35H,15-17H2,1H3,(H3,30,31)(H3,32,33);1-2H3;1H4. The molecular formula is C32H39N7O2. The predicted octanol–water partition coefficient (Wildman–Crippen LogP) is 6.74. The number of nitroso groups, excluding NO2 is 1. The molecule has 0 aliphatic rings. The van der Waals surface area contributed by atoms with E-state index in [1.807, 2.05) is 81.4 Å². The SMILES string of the molecule is C.CC.Cc1ncc(CNc2ccc(-c3ccc(C(=N)N)cc3)cc2)c(CN=O)c1OCc1ccc(C(=N)N)cc1. The van der Waals surface area contributed by atoms with Gasteiger partial charge in [0.2, 0.25) is 0 Å². The zero-order valence-electron chi connectivity index (χ0n) is 23.0. The van der Waals surface area contributed by atoms with Crippen LogP contribution in [0.3, 0.4) is 0 Å². The number of hydrogen-bond donors (Lipinski definition) is 5. The number of anilines is 1. The summed E-state index contributed by atoms with van der Waals surface area (Å²) in [6.07, 6.45) is 1.74. The summed E-state index contributed by atoms with van der Waals surface area (Å²) >= 11 is 0. The lowest BCUT2D eigenvalue weighted by Crippen LogP contribution is -2.11. The first-order valence-electron chi connectivity index (χ1n) is 13.0. The van der Waals surface area contributed by atoms with Gasteiger partial charge in [0.25, 0.3) is 0 Å². The minimum Gasteiger partial charge on any atom is -0.487 e. The van der Waals surface area contributed by atoms with Gasteiger partial charge in [-0.15, -0.1) is 0 Å². The average Bonchev–Trinajstić information content (AvgIpc) is 2.98. The van der Waals surface area contributed by atoms with Crippen LogP contribution in [0.2, 0.25) is 0 Å². The smallest absolute Gasteiger partial charge is 0.146 e. The van der Waals surface area contributed by atoms with Gasteiger partial charge in [0, 0.05) is 35.1 Å². The van der Waals surface area contributed by atoms with Crippen molar-refractivity contribution in [2.24, 2.45) is 16.6 Å². The van der Waals surface area contributed by atoms with Crippen LogP contribution in [0.1, 0.15) is 54.8 Å². The fourth-order valence-electron chi connectivity index (χ4n) is 4.01. The second-order valence-corrected chi connectivity index (χ2v) is 8.78. The molecule has 7 N–H and O–H groups in total. The fourth-order valence-corrected chi connectivity index (χ4v) is 4.01. The molecule has 0 atom stereocenters. The Morgan fingerprint density at radius 3 is 1.90 bits per heavy atom. The van der Waals surface area contributed by atoms with Crippen LogP contribution in [-0.4, -0.2) is 16.7 Å². The van der Waals surface area contributed by atoms with Gasteiger partial charge in [-0.3, -0.25) is 15.8 Å². The Balaban J connectivity index is 0.00000192. The average molecular weight is 554 g/mol. The van der Waals surface area contributed by atoms with Crippen molar-refractivity contribution in [2.45, 2.75) is 47.9 Å². The quantitative estimate of drug-likeness (QED) is 0.0783. The number of nitrogens with zero attached hydrogens (tertiary/aromatic N) is 2. The number of rotatable bonds is 11. The molecule has 41 heavy (non-hydrogen) atoms. The topological polar surface area (TPSA) is 163 Å². The molecule has 0 saturated carbocycles. The van der Waals surface area contributed by atoms with Crippen molar-refractivity contribution in [1.29, 1.82) is 10.8 Å². The highest BCUT2D eigenvalue weighted by molar-refractivity contribution is 5.95. The molecule has 1 aromatic heterocycles. The van der Waals surface area contributed by atoms with Crippen molar-refractivity contribution in [3.8, 4) is 16.9 Å². The first kappa shape index (κ1) is 32.2. The molecule has 3 aromatic carbocycles. The largest absolute Gasteiger partial charge is 0.487 e. The zero-order chi connectivity index (χ0) is 29.1. The van der Waals surface area contributed by atoms with Gasteiger partial charge in [-0.1, -0.05) is 87.1 Å². The van der Waals surface area contributed by atoms with Crippen LogP contribution in [0.15, 0.2) is 84.2 Å². The zero-order valence-corrected chi connectivity index (χ0v) is 23.0. The van der Waals surface area contributed by atoms with Crippen molar-refractivity contribution in [3.05, 3.63) is 117 Å². The molecular weight excluding hydrogens is 514 g/mol. The normalized spacial score (nSPS) is 9.93. The molecule has 0 aliphatic heterocycles. The van der Waals surface area contributed by atoms with Crippen LogP contribution in [-0.2, 0) is 19.7 Å². The van der Waals surface area contributed by atoms with E-state index in [0.717, 1.165) is 27.9 Å². The summed E-state index contributed by atoms with van der Waals surface area (Å²) in [6, 6.07) is 22.8. The lowest BCUT2D eigenvalue weighted by atomic mass is 10.0. The Hall–Kier alpha value is -5.05. The Morgan fingerprint density at radius 1 is 0.878 bits per heavy atom. The first-order chi connectivity index (χ1) is 19.4. The molecule has 0 spiro atoms. The number of nitrogens with two attached hydrogens (primary N) is 2. The maximum absolute atomic E-state index is 11.3. The number of amidine groups is 2. The lowest BCUT2D eigenvalue weighted by molar-refractivity contribution is 0.299. The summed E-state index contributed by atoms with van der Waals surface area (Å²) in [5, 5.41) is 21.6. The van der Waals surface area contributed by atoms with Crippen molar-refractivity contribution in [1.82, 2.24) is 4.98 Å². The van der Waals surface area contributed by atoms with Crippen molar-refractivity contribution < 1.29 is 4.74 Å². The monoisotopic (exact) mass is 553 g/mol. The molecule has 4 rings (SSSR count). The third-order valence-electron chi connectivity index (χ3n) is 6.17. The number of hydrogen-bond acceptors (Lipinski definition) is 7. The van der Waals surface area contributed by atoms with Crippen LogP contribution in [0.25, 0.3) is 11.1 Å². The Labute approximate surface area is 242 Å². The molecule has 9 heteroatoms. The maximum Gasteiger partial charge on any atom is 0.146 e. The minimum atomic E-state index is -0.0336. The molecule has 0 aliphatic carbocycles. The Kier molecular flexibility index (Phi) is 12.2. The molecule has 0 unspecified atom stereocenters. The van der Waals surface area contributed by atoms with E-state index < -0.39 is 0 Å². The van der Waals surface area contributed by atoms with E-state index >= 15 is 0 Å². The van der Waals surface area contributed by atoms with E-state index in [0.29, 0.717) is 34.7 Å². The molecule has 9 nitrogen and oxygen atoms in total. The maximum atomic E-state index is 11.3. The van der Waals surface area contributed by atoms with Crippen molar-refractivity contribution in [2.75, 3.05) is 5.32 Å². The van der Waals surface area contributed by atoms with Gasteiger partial charge in [0.15, 0.2) is 0 Å². The summed E-state index contributed by atoms with van der Waals surface area (Å²) in [5.74, 6) is 0.599. The van der Waals surface area contributed by atoms with Crippen LogP contribution in [0.4, 0.5) is 5.69 Å². The Morgan fingerprint density at radius 2 is 1.39 bits per heavy atom. The van der Waals surface area contributed by atoms with Gasteiger partial charge in [-0.05, 0) is 41.3 Å². The summed E-state index contributed by atoms with van der Waals surface area (Å²) in [7, 11) is 0. The van der Waals surface area contributed by atoms with Crippen LogP contribution >= 0.6 is 0 Å². The minimum absolute atomic E-state index is 0. The van der Waals surface area contributed by atoms with Gasteiger partial charge < -0.3 is 21.5 Å². The molecule has 0 fully saturated rings. The number of ether oxygens (including phenoxy) is 1. The highest BCUT2D eigenvalue weighted by Gasteiger charge is 2.15. The molecule has 0 bridgehead atoms. The van der Waals surface area contributed by atoms with Gasteiger partial charge in [-0.2, -0.15) is 4.91 Å². The van der Waals surface area contributed by atoms with Crippen molar-refractivity contribution >= 4 is 17.4 Å². The number of pyridine rings is 1. The molecule has 0 saturated heterocycles. The number of benzene rings is 3. The Bertz CT molecular complexity index is 1450. The van der Waals surface area contributed by atoms with Gasteiger partial charge >= 0.3 is 0 Å². The van der Waals surface area contributed by atoms with E-state index in [1.54, 1.807) is 18.3 Å². The van der Waals surface area contributed by atoms with E-state index in [4.69, 9.17) is 27.0 Å². The third kappa shape index (κ3) is 8.47. The fraction of sp³-hybridized carbons (Fsp3) is 0.219. The van der Waals surface area contributed by atoms with Gasteiger partial charge in [0.1, 0.15) is 30.6 Å². The molecule has 0 radical (unpaired) electrons. The van der Waals surface area contributed by atoms with Crippen LogP contribution < -0.4 is 21.5 Å². The second kappa shape index (κ2) is 15.5. The number of nitrogens with one attached hydrogen (secondary N) is 3. The summed E-state index contributed by atoms with van der Waals surface area (Å²) in [5.41, 5.74) is 18.5. The lowest BCUT2D eigenvalue weighted by Gasteiger charge is -2.17. The van der Waals surface area contributed by atoms with E-state index in [-0.39, 0.29) is 32.2 Å². The predicted molar refractivity (Wildman–Crippen MR) is 169 cm³/mol. The third-order valence-corrected chi connectivity index (χ3v) is 6.17. The van der Waals surface area contributed by atoms with Crippen molar-refractivity contribution in [3.63, 3.8) is 0 Å². The number of nitrogen functional groups attached to an aromatic ring is 2. The highest BCUT2D eigenvalue weighted by Crippen LogP contribution is 2.28. The van der Waals surface area contributed by atoms with E-state index in [2.05, 4.69) is 15.5 Å². The van der Waals surface area contributed by atoms with Gasteiger partial charge in [-0.25, -0.2) is 0 Å². The summed E-state index contributed by atoms with van der Waals surface area (Å²) in [4.78, 5) is 15.8. The van der Waals surface area contributed by atoms with E-state index in [1.165, 1.54) is 0 Å². The first-order valence-corrected chi connectivity index (χ1v) is 13.0. The van der Waals surface area contributed by atoms with Gasteiger partial charge in [0.05, 0.1) is 5.69 Å². The summed E-state index contributed by atoms with van der Waals surface area (Å²) in [6.45, 7) is 6.52. The highest BCUT2D eigenvalue weighted by atomic mass is 16.5.